The number of halogens is 2. The molecule has 0 unspecified atom stereocenters. The largest absolute Gasteiger partial charge is 0.487 e. The average Bonchev–Trinajstić information content (AvgIpc) is 2.78. The van der Waals surface area contributed by atoms with Gasteiger partial charge in [0.05, 0.1) is 10.7 Å². The maximum atomic E-state index is 13.1. The number of amides is 4. The van der Waals surface area contributed by atoms with E-state index in [-0.39, 0.29) is 5.57 Å². The number of hydrogen-bond donors (Lipinski definition) is 1. The molecule has 172 valence electrons. The van der Waals surface area contributed by atoms with Gasteiger partial charge in [0.15, 0.2) is 0 Å². The van der Waals surface area contributed by atoms with Gasteiger partial charge in [-0.1, -0.05) is 63.4 Å². The molecule has 3 aromatic carbocycles. The van der Waals surface area contributed by atoms with Crippen LogP contribution in [0.15, 0.2) is 70.7 Å². The van der Waals surface area contributed by atoms with Crippen molar-refractivity contribution in [3.63, 3.8) is 0 Å². The van der Waals surface area contributed by atoms with Gasteiger partial charge in [-0.3, -0.25) is 14.9 Å². The zero-order valence-electron chi connectivity index (χ0n) is 18.4. The lowest BCUT2D eigenvalue weighted by molar-refractivity contribution is -0.122. The summed E-state index contributed by atoms with van der Waals surface area (Å²) in [7, 11) is 0. The minimum absolute atomic E-state index is 0.175. The third-order valence-corrected chi connectivity index (χ3v) is 6.07. The maximum Gasteiger partial charge on any atom is 0.335 e. The molecule has 3 aromatic rings. The number of nitrogens with zero attached hydrogens (tertiary/aromatic N) is 1. The Kier molecular flexibility index (Phi) is 6.86. The van der Waals surface area contributed by atoms with Crippen LogP contribution < -0.4 is 15.0 Å². The second-order valence-corrected chi connectivity index (χ2v) is 9.18. The minimum atomic E-state index is -0.796. The van der Waals surface area contributed by atoms with Crippen LogP contribution in [0.1, 0.15) is 22.3 Å². The van der Waals surface area contributed by atoms with E-state index in [9.17, 15) is 14.4 Å². The number of imide groups is 2. The third kappa shape index (κ3) is 5.05. The van der Waals surface area contributed by atoms with Crippen molar-refractivity contribution < 1.29 is 19.1 Å². The summed E-state index contributed by atoms with van der Waals surface area (Å²) in [6.45, 7) is 4.14. The van der Waals surface area contributed by atoms with Crippen LogP contribution in [0, 0.1) is 13.8 Å². The Bertz CT molecular complexity index is 1340. The predicted molar refractivity (Wildman–Crippen MR) is 135 cm³/mol. The summed E-state index contributed by atoms with van der Waals surface area (Å²) in [5, 5.41) is 2.56. The average molecular weight is 540 g/mol. The topological polar surface area (TPSA) is 75.7 Å². The van der Waals surface area contributed by atoms with E-state index in [4.69, 9.17) is 16.3 Å². The Morgan fingerprint density at radius 3 is 2.41 bits per heavy atom. The molecule has 1 aliphatic heterocycles. The van der Waals surface area contributed by atoms with Gasteiger partial charge < -0.3 is 4.74 Å². The minimum Gasteiger partial charge on any atom is -0.487 e. The number of carbonyl (C=O) groups is 3. The van der Waals surface area contributed by atoms with E-state index in [1.165, 1.54) is 6.08 Å². The summed E-state index contributed by atoms with van der Waals surface area (Å²) >= 11 is 9.75. The van der Waals surface area contributed by atoms with Crippen LogP contribution >= 0.6 is 27.5 Å². The van der Waals surface area contributed by atoms with Gasteiger partial charge in [0, 0.05) is 4.47 Å². The number of urea groups is 1. The summed E-state index contributed by atoms with van der Waals surface area (Å²) in [6, 6.07) is 17.3. The Morgan fingerprint density at radius 1 is 1.00 bits per heavy atom. The maximum absolute atomic E-state index is 13.1. The lowest BCUT2D eigenvalue weighted by atomic mass is 10.1. The molecule has 1 fully saturated rings. The number of aryl methyl sites for hydroxylation is 2. The first-order valence-electron chi connectivity index (χ1n) is 10.4. The van der Waals surface area contributed by atoms with Gasteiger partial charge in [0.1, 0.15) is 17.9 Å². The van der Waals surface area contributed by atoms with Crippen molar-refractivity contribution in [3.05, 3.63) is 98.0 Å². The molecule has 0 aliphatic carbocycles. The van der Waals surface area contributed by atoms with E-state index in [1.807, 2.05) is 31.2 Å². The first-order valence-corrected chi connectivity index (χ1v) is 11.6. The highest BCUT2D eigenvalue weighted by atomic mass is 79.9. The molecule has 0 aromatic heterocycles. The standard InChI is InChI=1S/C26H20BrClN2O4/c1-15-3-5-17(6-4-15)14-34-23-10-7-18(13-21(23)28)12-20-24(31)29-26(33)30(25(20)32)22-9-8-19(27)11-16(22)2/h3-13H,14H2,1-2H3,(H,29,31,33)/b20-12-. The van der Waals surface area contributed by atoms with E-state index in [1.54, 1.807) is 43.3 Å². The number of benzene rings is 3. The van der Waals surface area contributed by atoms with Crippen LogP contribution in [-0.2, 0) is 16.2 Å². The molecule has 1 saturated heterocycles. The second-order valence-electron chi connectivity index (χ2n) is 7.85. The fourth-order valence-electron chi connectivity index (χ4n) is 3.48. The van der Waals surface area contributed by atoms with E-state index in [0.29, 0.717) is 34.2 Å². The Morgan fingerprint density at radius 2 is 1.74 bits per heavy atom. The molecular weight excluding hydrogens is 520 g/mol. The van der Waals surface area contributed by atoms with Crippen LogP contribution in [0.5, 0.6) is 5.75 Å². The van der Waals surface area contributed by atoms with Gasteiger partial charge in [0.25, 0.3) is 11.8 Å². The molecule has 1 heterocycles. The monoisotopic (exact) mass is 538 g/mol. The van der Waals surface area contributed by atoms with E-state index in [0.717, 1.165) is 20.5 Å². The van der Waals surface area contributed by atoms with Crippen LogP contribution in [-0.4, -0.2) is 17.8 Å². The highest BCUT2D eigenvalue weighted by Gasteiger charge is 2.37. The Hall–Kier alpha value is -3.42. The summed E-state index contributed by atoms with van der Waals surface area (Å²) in [5.74, 6) is -1.00. The summed E-state index contributed by atoms with van der Waals surface area (Å²) < 4.78 is 6.62. The number of barbiturate groups is 1. The fourth-order valence-corrected chi connectivity index (χ4v) is 4.20. The van der Waals surface area contributed by atoms with Gasteiger partial charge in [-0.25, -0.2) is 9.69 Å². The fraction of sp³-hybridized carbons (Fsp3) is 0.115. The number of carbonyl (C=O) groups excluding carboxylic acids is 3. The van der Waals surface area contributed by atoms with Gasteiger partial charge >= 0.3 is 6.03 Å². The first-order chi connectivity index (χ1) is 16.2. The molecule has 0 atom stereocenters. The summed E-state index contributed by atoms with van der Waals surface area (Å²) in [6.07, 6.45) is 1.40. The van der Waals surface area contributed by atoms with E-state index in [2.05, 4.69) is 21.2 Å². The Balaban J connectivity index is 1.57. The molecule has 4 amide bonds. The van der Waals surface area contributed by atoms with Crippen molar-refractivity contribution in [1.82, 2.24) is 5.32 Å². The van der Waals surface area contributed by atoms with Crippen LogP contribution in [0.4, 0.5) is 10.5 Å². The van der Waals surface area contributed by atoms with E-state index >= 15 is 0 Å². The van der Waals surface area contributed by atoms with Gasteiger partial charge in [-0.2, -0.15) is 0 Å². The van der Waals surface area contributed by atoms with Crippen molar-refractivity contribution in [2.75, 3.05) is 4.90 Å². The second kappa shape index (κ2) is 9.83. The molecular formula is C26H20BrClN2O4. The number of anilines is 1. The molecule has 4 rings (SSSR count). The molecule has 1 N–H and O–H groups in total. The zero-order valence-corrected chi connectivity index (χ0v) is 20.7. The highest BCUT2D eigenvalue weighted by Crippen LogP contribution is 2.30. The number of nitrogens with one attached hydrogen (secondary N) is 1. The van der Waals surface area contributed by atoms with Crippen molar-refractivity contribution in [1.29, 1.82) is 0 Å². The van der Waals surface area contributed by atoms with Gasteiger partial charge in [-0.05, 0) is 66.9 Å². The SMILES string of the molecule is Cc1ccc(COc2ccc(/C=C3/C(=O)NC(=O)N(c4ccc(Br)cc4C)C3=O)cc2Cl)cc1. The van der Waals surface area contributed by atoms with Crippen molar-refractivity contribution >= 4 is 57.1 Å². The summed E-state index contributed by atoms with van der Waals surface area (Å²) in [4.78, 5) is 39.0. The normalized spacial score (nSPS) is 15.0. The Labute approximate surface area is 210 Å². The van der Waals surface area contributed by atoms with Crippen LogP contribution in [0.2, 0.25) is 5.02 Å². The lowest BCUT2D eigenvalue weighted by Crippen LogP contribution is -2.54. The molecule has 34 heavy (non-hydrogen) atoms. The molecule has 0 bridgehead atoms. The van der Waals surface area contributed by atoms with Gasteiger partial charge in [-0.15, -0.1) is 0 Å². The van der Waals surface area contributed by atoms with Crippen molar-refractivity contribution in [2.45, 2.75) is 20.5 Å². The van der Waals surface area contributed by atoms with Crippen LogP contribution in [0.3, 0.4) is 0 Å². The molecule has 1 aliphatic rings. The highest BCUT2D eigenvalue weighted by molar-refractivity contribution is 9.10. The number of rotatable bonds is 5. The zero-order chi connectivity index (χ0) is 24.4. The molecule has 6 nitrogen and oxygen atoms in total. The van der Waals surface area contributed by atoms with E-state index < -0.39 is 17.8 Å². The summed E-state index contributed by atoms with van der Waals surface area (Å²) in [5.41, 5.74) is 3.60. The van der Waals surface area contributed by atoms with Crippen molar-refractivity contribution in [2.24, 2.45) is 0 Å². The molecule has 0 saturated carbocycles. The first kappa shape index (κ1) is 23.7. The number of hydrogen-bond acceptors (Lipinski definition) is 4. The third-order valence-electron chi connectivity index (χ3n) is 5.28. The lowest BCUT2D eigenvalue weighted by Gasteiger charge is -2.27. The number of ether oxygens (including phenoxy) is 1. The molecule has 8 heteroatoms. The molecule has 0 radical (unpaired) electrons. The van der Waals surface area contributed by atoms with Crippen molar-refractivity contribution in [3.8, 4) is 5.75 Å². The smallest absolute Gasteiger partial charge is 0.335 e. The quantitative estimate of drug-likeness (QED) is 0.320. The predicted octanol–water partition coefficient (Wildman–Crippen LogP) is 5.96. The van der Waals surface area contributed by atoms with Gasteiger partial charge in [0.2, 0.25) is 0 Å². The molecule has 0 spiro atoms. The van der Waals surface area contributed by atoms with Crippen LogP contribution in [0.25, 0.3) is 6.08 Å².